The van der Waals surface area contributed by atoms with E-state index in [1.807, 2.05) is 13.0 Å². The van der Waals surface area contributed by atoms with Crippen LogP contribution in [-0.4, -0.2) is 24.5 Å². The summed E-state index contributed by atoms with van der Waals surface area (Å²) in [5, 5.41) is 9.71. The van der Waals surface area contributed by atoms with Gasteiger partial charge in [0.05, 0.1) is 16.7 Å². The number of hydrogen-bond donors (Lipinski definition) is 0. The molecule has 4 heteroatoms. The second-order valence-electron chi connectivity index (χ2n) is 3.14. The van der Waals surface area contributed by atoms with Crippen molar-refractivity contribution in [3.63, 3.8) is 0 Å². The molecule has 0 fully saturated rings. The Bertz CT molecular complexity index is 360. The zero-order valence-electron chi connectivity index (χ0n) is 8.99. The van der Waals surface area contributed by atoms with Crippen LogP contribution >= 0.6 is 11.8 Å². The zero-order chi connectivity index (χ0) is 11.1. The summed E-state index contributed by atoms with van der Waals surface area (Å²) >= 11 is 1.66. The molecule has 0 atom stereocenters. The van der Waals surface area contributed by atoms with Crippen LogP contribution < -0.4 is 0 Å². The third-order valence-electron chi connectivity index (χ3n) is 1.80. The van der Waals surface area contributed by atoms with Crippen molar-refractivity contribution in [2.24, 2.45) is 0 Å². The largest absolute Gasteiger partial charge is 0.385 e. The number of nitrogens with zero attached hydrogens (tertiary/aromatic N) is 2. The van der Waals surface area contributed by atoms with E-state index in [2.05, 4.69) is 11.1 Å². The van der Waals surface area contributed by atoms with Crippen molar-refractivity contribution < 1.29 is 4.74 Å². The molecular formula is C11H14N2OS. The van der Waals surface area contributed by atoms with Crippen LogP contribution in [0.5, 0.6) is 0 Å². The Morgan fingerprint density at radius 3 is 3.00 bits per heavy atom. The highest BCUT2D eigenvalue weighted by atomic mass is 32.2. The van der Waals surface area contributed by atoms with Gasteiger partial charge in [0.1, 0.15) is 0 Å². The van der Waals surface area contributed by atoms with E-state index < -0.39 is 0 Å². The van der Waals surface area contributed by atoms with Crippen molar-refractivity contribution in [3.05, 3.63) is 23.4 Å². The molecule has 0 bridgehead atoms. The molecule has 0 aliphatic carbocycles. The average Bonchev–Trinajstić information content (AvgIpc) is 2.23. The van der Waals surface area contributed by atoms with Crippen molar-refractivity contribution in [2.45, 2.75) is 18.4 Å². The minimum atomic E-state index is 0.678. The van der Waals surface area contributed by atoms with Gasteiger partial charge in [0.2, 0.25) is 0 Å². The number of rotatable bonds is 5. The molecule has 0 aliphatic heterocycles. The quantitative estimate of drug-likeness (QED) is 0.567. The average molecular weight is 222 g/mol. The van der Waals surface area contributed by atoms with Crippen LogP contribution in [0.15, 0.2) is 17.2 Å². The molecule has 0 amide bonds. The summed E-state index contributed by atoms with van der Waals surface area (Å²) in [6.07, 6.45) is 0.999. The molecule has 0 saturated carbocycles. The van der Waals surface area contributed by atoms with Gasteiger partial charge in [0.25, 0.3) is 0 Å². The highest BCUT2D eigenvalue weighted by Crippen LogP contribution is 2.18. The maximum absolute atomic E-state index is 8.79. The summed E-state index contributed by atoms with van der Waals surface area (Å²) in [5.41, 5.74) is 1.57. The molecule has 0 aromatic carbocycles. The SMILES string of the molecule is COCCCSc1cc(C#N)cc(C)n1. The molecular weight excluding hydrogens is 208 g/mol. The van der Waals surface area contributed by atoms with E-state index >= 15 is 0 Å². The molecule has 1 aromatic rings. The van der Waals surface area contributed by atoms with Gasteiger partial charge in [0, 0.05) is 25.2 Å². The molecule has 3 nitrogen and oxygen atoms in total. The number of aryl methyl sites for hydroxylation is 1. The van der Waals surface area contributed by atoms with Gasteiger partial charge < -0.3 is 4.74 Å². The van der Waals surface area contributed by atoms with E-state index in [-0.39, 0.29) is 0 Å². The summed E-state index contributed by atoms with van der Waals surface area (Å²) in [7, 11) is 1.70. The molecule has 15 heavy (non-hydrogen) atoms. The Kier molecular flexibility index (Phi) is 5.16. The lowest BCUT2D eigenvalue weighted by Gasteiger charge is -2.02. The van der Waals surface area contributed by atoms with Gasteiger partial charge in [-0.3, -0.25) is 0 Å². The molecule has 0 saturated heterocycles. The van der Waals surface area contributed by atoms with Gasteiger partial charge in [0.15, 0.2) is 0 Å². The maximum Gasteiger partial charge on any atom is 0.0993 e. The molecule has 1 aromatic heterocycles. The Labute approximate surface area is 94.5 Å². The first-order valence-electron chi connectivity index (χ1n) is 4.77. The number of nitriles is 1. The van der Waals surface area contributed by atoms with E-state index in [1.54, 1.807) is 24.9 Å². The number of thioether (sulfide) groups is 1. The van der Waals surface area contributed by atoms with Crippen molar-refractivity contribution in [1.29, 1.82) is 5.26 Å². The van der Waals surface area contributed by atoms with E-state index in [1.165, 1.54) is 0 Å². The van der Waals surface area contributed by atoms with E-state index in [0.29, 0.717) is 5.56 Å². The van der Waals surface area contributed by atoms with E-state index in [4.69, 9.17) is 10.00 Å². The molecule has 0 unspecified atom stereocenters. The fourth-order valence-corrected chi connectivity index (χ4v) is 2.05. The lowest BCUT2D eigenvalue weighted by atomic mass is 10.2. The number of ether oxygens (including phenoxy) is 1. The maximum atomic E-state index is 8.79. The van der Waals surface area contributed by atoms with Crippen LogP contribution in [0.4, 0.5) is 0 Å². The number of hydrogen-bond acceptors (Lipinski definition) is 4. The van der Waals surface area contributed by atoms with Crippen molar-refractivity contribution in [1.82, 2.24) is 4.98 Å². The highest BCUT2D eigenvalue weighted by molar-refractivity contribution is 7.99. The van der Waals surface area contributed by atoms with Gasteiger partial charge in [-0.15, -0.1) is 11.8 Å². The van der Waals surface area contributed by atoms with E-state index in [0.717, 1.165) is 29.5 Å². The number of aromatic nitrogens is 1. The van der Waals surface area contributed by atoms with Gasteiger partial charge in [-0.05, 0) is 25.5 Å². The molecule has 0 aliphatic rings. The van der Waals surface area contributed by atoms with Gasteiger partial charge in [-0.1, -0.05) is 0 Å². The predicted molar refractivity (Wildman–Crippen MR) is 60.9 cm³/mol. The Morgan fingerprint density at radius 2 is 2.33 bits per heavy atom. The molecule has 0 spiro atoms. The Balaban J connectivity index is 2.54. The fourth-order valence-electron chi connectivity index (χ4n) is 1.16. The van der Waals surface area contributed by atoms with E-state index in [9.17, 15) is 0 Å². The Hall–Kier alpha value is -1.05. The summed E-state index contributed by atoms with van der Waals surface area (Å²) in [6.45, 7) is 2.67. The van der Waals surface area contributed by atoms with Gasteiger partial charge >= 0.3 is 0 Å². The van der Waals surface area contributed by atoms with Crippen LogP contribution in [0, 0.1) is 18.3 Å². The molecule has 0 radical (unpaired) electrons. The fraction of sp³-hybridized carbons (Fsp3) is 0.455. The van der Waals surface area contributed by atoms with Crippen molar-refractivity contribution in [3.8, 4) is 6.07 Å². The summed E-state index contributed by atoms with van der Waals surface area (Å²) in [5.74, 6) is 0.967. The lowest BCUT2D eigenvalue weighted by Crippen LogP contribution is -1.92. The van der Waals surface area contributed by atoms with Gasteiger partial charge in [-0.25, -0.2) is 4.98 Å². The number of pyridine rings is 1. The Morgan fingerprint density at radius 1 is 1.53 bits per heavy atom. The molecule has 80 valence electrons. The van der Waals surface area contributed by atoms with Crippen LogP contribution in [-0.2, 0) is 4.74 Å². The smallest absolute Gasteiger partial charge is 0.0993 e. The standard InChI is InChI=1S/C11H14N2OS/c1-9-6-10(8-12)7-11(13-9)15-5-3-4-14-2/h6-7H,3-5H2,1-2H3. The normalized spacial score (nSPS) is 9.93. The first kappa shape index (κ1) is 12.0. The molecule has 1 heterocycles. The lowest BCUT2D eigenvalue weighted by molar-refractivity contribution is 0.200. The van der Waals surface area contributed by atoms with Crippen LogP contribution in [0.2, 0.25) is 0 Å². The minimum Gasteiger partial charge on any atom is -0.385 e. The first-order chi connectivity index (χ1) is 7.26. The van der Waals surface area contributed by atoms with Crippen LogP contribution in [0.3, 0.4) is 0 Å². The predicted octanol–water partition coefficient (Wildman–Crippen LogP) is 2.39. The van der Waals surface area contributed by atoms with Crippen molar-refractivity contribution >= 4 is 11.8 Å². The topological polar surface area (TPSA) is 45.9 Å². The van der Waals surface area contributed by atoms with Crippen molar-refractivity contribution in [2.75, 3.05) is 19.5 Å². The zero-order valence-corrected chi connectivity index (χ0v) is 9.80. The highest BCUT2D eigenvalue weighted by Gasteiger charge is 2.00. The van der Waals surface area contributed by atoms with Crippen LogP contribution in [0.25, 0.3) is 0 Å². The van der Waals surface area contributed by atoms with Crippen LogP contribution in [0.1, 0.15) is 17.7 Å². The third-order valence-corrected chi connectivity index (χ3v) is 2.80. The first-order valence-corrected chi connectivity index (χ1v) is 5.75. The second kappa shape index (κ2) is 6.44. The number of methoxy groups -OCH3 is 1. The minimum absolute atomic E-state index is 0.678. The summed E-state index contributed by atoms with van der Waals surface area (Å²) in [6, 6.07) is 5.75. The third kappa shape index (κ3) is 4.32. The monoisotopic (exact) mass is 222 g/mol. The summed E-state index contributed by atoms with van der Waals surface area (Å²) in [4.78, 5) is 4.35. The summed E-state index contributed by atoms with van der Waals surface area (Å²) < 4.78 is 4.96. The van der Waals surface area contributed by atoms with Gasteiger partial charge in [-0.2, -0.15) is 5.26 Å². The molecule has 1 rings (SSSR count). The second-order valence-corrected chi connectivity index (χ2v) is 4.26. The molecule has 0 N–H and O–H groups in total.